The molecule has 1 amide bonds. The summed E-state index contributed by atoms with van der Waals surface area (Å²) in [6.45, 7) is 26.8. The molecular formula is C35H72N4O3S2. The van der Waals surface area contributed by atoms with Crippen molar-refractivity contribution in [1.29, 1.82) is 0 Å². The molecule has 0 aliphatic carbocycles. The van der Waals surface area contributed by atoms with Crippen molar-refractivity contribution in [1.82, 2.24) is 20.0 Å². The topological polar surface area (TPSA) is 57.3 Å². The van der Waals surface area contributed by atoms with Crippen molar-refractivity contribution in [3.05, 3.63) is 0 Å². The molecule has 4 atom stereocenters. The van der Waals surface area contributed by atoms with Crippen molar-refractivity contribution >= 4 is 29.9 Å². The van der Waals surface area contributed by atoms with Crippen LogP contribution in [0.25, 0.3) is 0 Å². The van der Waals surface area contributed by atoms with Gasteiger partial charge in [0.2, 0.25) is 6.41 Å². The second kappa shape index (κ2) is 29.1. The lowest BCUT2D eigenvalue weighted by Crippen LogP contribution is -2.40. The van der Waals surface area contributed by atoms with Crippen LogP contribution in [-0.4, -0.2) is 135 Å². The third kappa shape index (κ3) is 22.5. The first-order chi connectivity index (χ1) is 21.4. The van der Waals surface area contributed by atoms with E-state index in [1.165, 1.54) is 114 Å². The molecule has 0 aromatic rings. The molecule has 0 aromatic carbocycles. The molecule has 0 radical (unpaired) electrons. The molecule has 4 unspecified atom stereocenters. The van der Waals surface area contributed by atoms with E-state index in [-0.39, 0.29) is 0 Å². The maximum Gasteiger partial charge on any atom is 0.207 e. The van der Waals surface area contributed by atoms with Crippen LogP contribution in [0.1, 0.15) is 92.9 Å². The molecule has 2 heterocycles. The number of hydrogen-bond acceptors (Lipinski definition) is 8. The number of ether oxygens (including phenoxy) is 2. The Balaban J connectivity index is 0.000000474. The van der Waals surface area contributed by atoms with E-state index in [9.17, 15) is 4.79 Å². The zero-order valence-corrected chi connectivity index (χ0v) is 31.4. The van der Waals surface area contributed by atoms with Crippen LogP contribution in [0, 0.1) is 11.8 Å². The monoisotopic (exact) mass is 661 g/mol. The van der Waals surface area contributed by atoms with Crippen LogP contribution < -0.4 is 5.32 Å². The molecule has 2 saturated heterocycles. The number of thioether (sulfide) groups is 2. The fourth-order valence-electron chi connectivity index (χ4n) is 5.77. The molecule has 9 heteroatoms. The Morgan fingerprint density at radius 3 is 1.95 bits per heavy atom. The lowest BCUT2D eigenvalue weighted by molar-refractivity contribution is -0.109. The summed E-state index contributed by atoms with van der Waals surface area (Å²) >= 11 is 3.96. The first kappa shape index (κ1) is 42.0. The number of nitrogens with zero attached hydrogens (tertiary/aromatic N) is 3. The van der Waals surface area contributed by atoms with Gasteiger partial charge in [0, 0.05) is 61.9 Å². The van der Waals surface area contributed by atoms with Crippen LogP contribution >= 0.6 is 23.5 Å². The van der Waals surface area contributed by atoms with E-state index >= 15 is 0 Å². The summed E-state index contributed by atoms with van der Waals surface area (Å²) in [4.78, 5) is 17.7. The van der Waals surface area contributed by atoms with Crippen LogP contribution in [-0.2, 0) is 14.3 Å². The minimum Gasteiger partial charge on any atom is -0.380 e. The van der Waals surface area contributed by atoms with Gasteiger partial charge in [0.15, 0.2) is 0 Å². The first-order valence-electron chi connectivity index (χ1n) is 18.1. The maximum absolute atomic E-state index is 10.0. The lowest BCUT2D eigenvalue weighted by Gasteiger charge is -2.32. The molecule has 0 bridgehead atoms. The summed E-state index contributed by atoms with van der Waals surface area (Å²) in [7, 11) is 0. The summed E-state index contributed by atoms with van der Waals surface area (Å²) in [5.74, 6) is 5.77. The average Bonchev–Trinajstić information content (AvgIpc) is 3.04. The van der Waals surface area contributed by atoms with E-state index in [0.29, 0.717) is 24.0 Å². The number of likely N-dealkylation sites (tertiary alicyclic amines) is 2. The standard InChI is InChI=1S/C22H44N2O2.C13H28N2OS2/c1-19(16-25-18-21(3)24-13-9-6-10-14-24)20(2)17-26-22(4)15-23-11-7-5-8-12-23;1-3-6-15(7-4-2)8-10-18-12-11-17-9-5-14-13-16/h19-22H,5-18H2,1-4H3;13H,3-12H2,1-2H3,(H,14,16). The molecule has 7 nitrogen and oxygen atoms in total. The molecular weight excluding hydrogens is 589 g/mol. The number of carbonyl (C=O) groups excluding carboxylic acids is 1. The molecule has 2 aliphatic heterocycles. The van der Waals surface area contributed by atoms with Crippen molar-refractivity contribution in [2.24, 2.45) is 11.8 Å². The van der Waals surface area contributed by atoms with Crippen LogP contribution in [0.5, 0.6) is 0 Å². The van der Waals surface area contributed by atoms with Gasteiger partial charge < -0.3 is 24.6 Å². The molecule has 2 fully saturated rings. The van der Waals surface area contributed by atoms with Gasteiger partial charge in [-0.1, -0.05) is 40.5 Å². The molecule has 1 N–H and O–H groups in total. The Bertz CT molecular complexity index is 633. The van der Waals surface area contributed by atoms with E-state index in [1.54, 1.807) is 0 Å². The number of piperidine rings is 2. The fourth-order valence-corrected chi connectivity index (χ4v) is 7.77. The minimum absolute atomic E-state index is 0.336. The normalized spacial score (nSPS) is 19.2. The number of carbonyl (C=O) groups is 1. The van der Waals surface area contributed by atoms with Gasteiger partial charge in [-0.05, 0) is 103 Å². The summed E-state index contributed by atoms with van der Waals surface area (Å²) in [6, 6.07) is 0.554. The average molecular weight is 661 g/mol. The van der Waals surface area contributed by atoms with Gasteiger partial charge in [-0.2, -0.15) is 23.5 Å². The summed E-state index contributed by atoms with van der Waals surface area (Å²) < 4.78 is 12.2. The second-order valence-electron chi connectivity index (χ2n) is 13.1. The van der Waals surface area contributed by atoms with E-state index in [2.05, 4.69) is 61.6 Å². The predicted octanol–water partition coefficient (Wildman–Crippen LogP) is 6.36. The van der Waals surface area contributed by atoms with Gasteiger partial charge in [-0.25, -0.2) is 0 Å². The quantitative estimate of drug-likeness (QED) is 0.0897. The van der Waals surface area contributed by atoms with Crippen molar-refractivity contribution in [3.63, 3.8) is 0 Å². The van der Waals surface area contributed by atoms with Crippen LogP contribution in [0.4, 0.5) is 0 Å². The van der Waals surface area contributed by atoms with Gasteiger partial charge in [0.05, 0.1) is 12.7 Å². The van der Waals surface area contributed by atoms with Gasteiger partial charge in [0.25, 0.3) is 0 Å². The molecule has 44 heavy (non-hydrogen) atoms. The van der Waals surface area contributed by atoms with Crippen LogP contribution in [0.15, 0.2) is 0 Å². The Hall–Kier alpha value is -0.0300. The second-order valence-corrected chi connectivity index (χ2v) is 15.5. The first-order valence-corrected chi connectivity index (χ1v) is 20.4. The van der Waals surface area contributed by atoms with Crippen molar-refractivity contribution in [3.8, 4) is 0 Å². The van der Waals surface area contributed by atoms with E-state index in [1.807, 2.05) is 23.5 Å². The van der Waals surface area contributed by atoms with E-state index in [0.717, 1.165) is 45.1 Å². The number of rotatable bonds is 25. The Morgan fingerprint density at radius 1 is 0.750 bits per heavy atom. The molecule has 2 rings (SSSR count). The summed E-state index contributed by atoms with van der Waals surface area (Å²) in [5.41, 5.74) is 0. The zero-order chi connectivity index (χ0) is 32.3. The highest BCUT2D eigenvalue weighted by Crippen LogP contribution is 2.16. The highest BCUT2D eigenvalue weighted by atomic mass is 32.2. The third-order valence-corrected chi connectivity index (χ3v) is 11.0. The SMILES string of the molecule is CC(CN1CCCCC1)OCC(C)C(C)COCC(C)N1CCCCC1.CCCN(CCC)CCSCCSCCNC=O. The molecule has 0 spiro atoms. The van der Waals surface area contributed by atoms with E-state index < -0.39 is 0 Å². The smallest absolute Gasteiger partial charge is 0.207 e. The minimum atomic E-state index is 0.336. The number of nitrogens with one attached hydrogen (secondary N) is 1. The number of amides is 1. The Morgan fingerprint density at radius 2 is 1.34 bits per heavy atom. The third-order valence-electron chi connectivity index (χ3n) is 8.81. The highest BCUT2D eigenvalue weighted by molar-refractivity contribution is 8.02. The fraction of sp³-hybridized carbons (Fsp3) is 0.971. The van der Waals surface area contributed by atoms with Crippen molar-refractivity contribution < 1.29 is 14.3 Å². The van der Waals surface area contributed by atoms with Gasteiger partial charge in [0.1, 0.15) is 0 Å². The number of hydrogen-bond donors (Lipinski definition) is 1. The molecule has 2 aliphatic rings. The Labute approximate surface area is 282 Å². The summed E-state index contributed by atoms with van der Waals surface area (Å²) in [6.07, 6.45) is 11.8. The van der Waals surface area contributed by atoms with Gasteiger partial charge >= 0.3 is 0 Å². The molecule has 0 aromatic heterocycles. The van der Waals surface area contributed by atoms with Crippen molar-refractivity contribution in [2.75, 3.05) is 102 Å². The van der Waals surface area contributed by atoms with Gasteiger partial charge in [-0.15, -0.1) is 0 Å². The maximum atomic E-state index is 10.0. The van der Waals surface area contributed by atoms with Crippen molar-refractivity contribution in [2.45, 2.75) is 105 Å². The molecule has 0 saturated carbocycles. The van der Waals surface area contributed by atoms with E-state index in [4.69, 9.17) is 9.47 Å². The van der Waals surface area contributed by atoms with Crippen LogP contribution in [0.3, 0.4) is 0 Å². The molecule has 262 valence electrons. The largest absolute Gasteiger partial charge is 0.380 e. The lowest BCUT2D eigenvalue weighted by atomic mass is 9.98. The summed E-state index contributed by atoms with van der Waals surface area (Å²) in [5, 5.41) is 2.68. The zero-order valence-electron chi connectivity index (χ0n) is 29.7. The van der Waals surface area contributed by atoms with Crippen LogP contribution in [0.2, 0.25) is 0 Å². The predicted molar refractivity (Wildman–Crippen MR) is 195 cm³/mol. The van der Waals surface area contributed by atoms with Gasteiger partial charge in [-0.3, -0.25) is 9.69 Å². The Kier molecular flexibility index (Phi) is 27.8. The highest BCUT2D eigenvalue weighted by Gasteiger charge is 2.19.